The van der Waals surface area contributed by atoms with Crippen LogP contribution in [0.25, 0.3) is 0 Å². The number of methoxy groups -OCH3 is 1. The van der Waals surface area contributed by atoms with Gasteiger partial charge in [-0.25, -0.2) is 4.79 Å². The normalized spacial score (nSPS) is 11.6. The van der Waals surface area contributed by atoms with Crippen LogP contribution in [0.15, 0.2) is 42.6 Å². The number of ether oxygens (including phenoxy) is 1. The van der Waals surface area contributed by atoms with E-state index < -0.39 is 5.97 Å². The SMILES string of the molecule is COc1ccc(C(C)CCNC(=O)c2cc(C(=O)O)ccn2)cc1. The first-order valence-corrected chi connectivity index (χ1v) is 7.62. The zero-order chi connectivity index (χ0) is 17.5. The van der Waals surface area contributed by atoms with Crippen LogP contribution in [0.4, 0.5) is 0 Å². The number of carboxylic acids is 1. The van der Waals surface area contributed by atoms with E-state index in [1.165, 1.54) is 18.3 Å². The molecule has 0 saturated heterocycles. The number of aromatic nitrogens is 1. The molecule has 0 bridgehead atoms. The van der Waals surface area contributed by atoms with Gasteiger partial charge in [-0.05, 0) is 42.2 Å². The summed E-state index contributed by atoms with van der Waals surface area (Å²) in [6.45, 7) is 2.56. The van der Waals surface area contributed by atoms with Crippen molar-refractivity contribution in [3.8, 4) is 5.75 Å². The summed E-state index contributed by atoms with van der Waals surface area (Å²) in [6, 6.07) is 10.4. The minimum absolute atomic E-state index is 0.0433. The van der Waals surface area contributed by atoms with Crippen LogP contribution < -0.4 is 10.1 Å². The maximum absolute atomic E-state index is 12.0. The number of carboxylic acid groups (broad SMARTS) is 1. The van der Waals surface area contributed by atoms with Gasteiger partial charge in [-0.2, -0.15) is 0 Å². The van der Waals surface area contributed by atoms with Crippen molar-refractivity contribution in [1.29, 1.82) is 0 Å². The van der Waals surface area contributed by atoms with E-state index in [0.717, 1.165) is 17.7 Å². The molecule has 0 saturated carbocycles. The number of nitrogens with one attached hydrogen (secondary N) is 1. The standard InChI is InChI=1S/C18H20N2O4/c1-12(13-3-5-15(24-2)6-4-13)7-9-20-17(21)16-11-14(18(22)23)8-10-19-16/h3-6,8,10-12H,7,9H2,1-2H3,(H,20,21)(H,22,23). The molecule has 1 aromatic heterocycles. The van der Waals surface area contributed by atoms with Crippen molar-refractivity contribution in [3.63, 3.8) is 0 Å². The molecule has 0 fully saturated rings. The molecule has 24 heavy (non-hydrogen) atoms. The average Bonchev–Trinajstić information content (AvgIpc) is 2.61. The number of hydrogen-bond acceptors (Lipinski definition) is 4. The molecule has 0 aliphatic heterocycles. The van der Waals surface area contributed by atoms with Crippen molar-refractivity contribution >= 4 is 11.9 Å². The summed E-state index contributed by atoms with van der Waals surface area (Å²) in [6.07, 6.45) is 2.08. The van der Waals surface area contributed by atoms with E-state index in [0.29, 0.717) is 6.54 Å². The molecule has 1 amide bonds. The lowest BCUT2D eigenvalue weighted by atomic mass is 9.98. The largest absolute Gasteiger partial charge is 0.497 e. The van der Waals surface area contributed by atoms with Crippen LogP contribution >= 0.6 is 0 Å². The molecule has 2 N–H and O–H groups in total. The molecule has 0 aliphatic rings. The van der Waals surface area contributed by atoms with Crippen molar-refractivity contribution in [2.24, 2.45) is 0 Å². The molecule has 2 aromatic rings. The molecular weight excluding hydrogens is 308 g/mol. The topological polar surface area (TPSA) is 88.5 Å². The maximum atomic E-state index is 12.0. The van der Waals surface area contributed by atoms with Gasteiger partial charge in [-0.1, -0.05) is 19.1 Å². The van der Waals surface area contributed by atoms with Crippen LogP contribution in [0.5, 0.6) is 5.75 Å². The Morgan fingerprint density at radius 3 is 2.58 bits per heavy atom. The molecule has 126 valence electrons. The van der Waals surface area contributed by atoms with Crippen LogP contribution in [0.1, 0.15) is 45.7 Å². The van der Waals surface area contributed by atoms with Crippen molar-refractivity contribution in [2.45, 2.75) is 19.3 Å². The molecule has 0 spiro atoms. The van der Waals surface area contributed by atoms with E-state index in [1.54, 1.807) is 7.11 Å². The molecule has 1 atom stereocenters. The molecule has 1 heterocycles. The number of aromatic carboxylic acids is 1. The number of pyridine rings is 1. The molecule has 0 aliphatic carbocycles. The first-order chi connectivity index (χ1) is 11.5. The number of nitrogens with zero attached hydrogens (tertiary/aromatic N) is 1. The number of benzene rings is 1. The summed E-state index contributed by atoms with van der Waals surface area (Å²) in [5.74, 6) is -0.377. The summed E-state index contributed by atoms with van der Waals surface area (Å²) in [5.41, 5.74) is 1.31. The first-order valence-electron chi connectivity index (χ1n) is 7.62. The van der Waals surface area contributed by atoms with Gasteiger partial charge in [0.15, 0.2) is 0 Å². The van der Waals surface area contributed by atoms with Crippen LogP contribution in [0.3, 0.4) is 0 Å². The first kappa shape index (κ1) is 17.5. The molecule has 0 radical (unpaired) electrons. The second-order valence-electron chi connectivity index (χ2n) is 5.45. The predicted molar refractivity (Wildman–Crippen MR) is 89.6 cm³/mol. The summed E-state index contributed by atoms with van der Waals surface area (Å²) < 4.78 is 5.13. The summed E-state index contributed by atoms with van der Waals surface area (Å²) in [7, 11) is 1.63. The average molecular weight is 328 g/mol. The Bertz CT molecular complexity index is 713. The number of rotatable bonds is 7. The van der Waals surface area contributed by atoms with Gasteiger partial charge in [-0.15, -0.1) is 0 Å². The van der Waals surface area contributed by atoms with Crippen molar-refractivity contribution in [2.75, 3.05) is 13.7 Å². The van der Waals surface area contributed by atoms with Crippen molar-refractivity contribution in [3.05, 3.63) is 59.4 Å². The highest BCUT2D eigenvalue weighted by molar-refractivity contribution is 5.95. The second kappa shape index (κ2) is 8.10. The van der Waals surface area contributed by atoms with Gasteiger partial charge in [0.05, 0.1) is 12.7 Å². The minimum atomic E-state index is -1.08. The Morgan fingerprint density at radius 2 is 1.96 bits per heavy atom. The molecule has 1 aromatic carbocycles. The third kappa shape index (κ3) is 4.55. The highest BCUT2D eigenvalue weighted by Crippen LogP contribution is 2.21. The summed E-state index contributed by atoms with van der Waals surface area (Å²) in [5, 5.41) is 11.7. The predicted octanol–water partition coefficient (Wildman–Crippen LogP) is 2.71. The molecular formula is C18H20N2O4. The monoisotopic (exact) mass is 328 g/mol. The smallest absolute Gasteiger partial charge is 0.335 e. The minimum Gasteiger partial charge on any atom is -0.497 e. The molecule has 6 nitrogen and oxygen atoms in total. The van der Waals surface area contributed by atoms with Gasteiger partial charge in [0.25, 0.3) is 5.91 Å². The Morgan fingerprint density at radius 1 is 1.25 bits per heavy atom. The zero-order valence-corrected chi connectivity index (χ0v) is 13.7. The highest BCUT2D eigenvalue weighted by Gasteiger charge is 2.12. The van der Waals surface area contributed by atoms with Crippen molar-refractivity contribution in [1.82, 2.24) is 10.3 Å². The third-order valence-electron chi connectivity index (χ3n) is 3.79. The van der Waals surface area contributed by atoms with Gasteiger partial charge in [-0.3, -0.25) is 9.78 Å². The fraction of sp³-hybridized carbons (Fsp3) is 0.278. The Kier molecular flexibility index (Phi) is 5.89. The molecule has 1 unspecified atom stereocenters. The van der Waals surface area contributed by atoms with Gasteiger partial charge in [0, 0.05) is 12.7 Å². The van der Waals surface area contributed by atoms with Crippen LogP contribution in [-0.2, 0) is 0 Å². The molecule has 6 heteroatoms. The van der Waals surface area contributed by atoms with E-state index in [-0.39, 0.29) is 23.1 Å². The van der Waals surface area contributed by atoms with Gasteiger partial charge in [0.2, 0.25) is 0 Å². The quantitative estimate of drug-likeness (QED) is 0.816. The lowest BCUT2D eigenvalue weighted by molar-refractivity contribution is 0.0696. The highest BCUT2D eigenvalue weighted by atomic mass is 16.5. The number of carbonyl (C=O) groups excluding carboxylic acids is 1. The van der Waals surface area contributed by atoms with Crippen LogP contribution in [0, 0.1) is 0 Å². The lowest BCUT2D eigenvalue weighted by Gasteiger charge is -2.13. The van der Waals surface area contributed by atoms with E-state index >= 15 is 0 Å². The van der Waals surface area contributed by atoms with Crippen LogP contribution in [0.2, 0.25) is 0 Å². The molecule has 2 rings (SSSR count). The maximum Gasteiger partial charge on any atom is 0.335 e. The van der Waals surface area contributed by atoms with Gasteiger partial charge < -0.3 is 15.2 Å². The van der Waals surface area contributed by atoms with Gasteiger partial charge in [0.1, 0.15) is 11.4 Å². The van der Waals surface area contributed by atoms with E-state index in [2.05, 4.69) is 17.2 Å². The number of hydrogen-bond donors (Lipinski definition) is 2. The third-order valence-corrected chi connectivity index (χ3v) is 3.79. The Hall–Kier alpha value is -2.89. The van der Waals surface area contributed by atoms with E-state index in [1.807, 2.05) is 24.3 Å². The fourth-order valence-electron chi connectivity index (χ4n) is 2.28. The number of carbonyl (C=O) groups is 2. The fourth-order valence-corrected chi connectivity index (χ4v) is 2.28. The van der Waals surface area contributed by atoms with E-state index in [4.69, 9.17) is 9.84 Å². The zero-order valence-electron chi connectivity index (χ0n) is 13.7. The van der Waals surface area contributed by atoms with E-state index in [9.17, 15) is 9.59 Å². The summed E-state index contributed by atoms with van der Waals surface area (Å²) in [4.78, 5) is 26.9. The van der Waals surface area contributed by atoms with Crippen LogP contribution in [-0.4, -0.2) is 35.6 Å². The van der Waals surface area contributed by atoms with Gasteiger partial charge >= 0.3 is 5.97 Å². The lowest BCUT2D eigenvalue weighted by Crippen LogP contribution is -2.26. The Labute approximate surface area is 140 Å². The summed E-state index contributed by atoms with van der Waals surface area (Å²) >= 11 is 0. The Balaban J connectivity index is 1.87. The van der Waals surface area contributed by atoms with Crippen molar-refractivity contribution < 1.29 is 19.4 Å². The second-order valence-corrected chi connectivity index (χ2v) is 5.45. The number of amides is 1.